The van der Waals surface area contributed by atoms with Crippen LogP contribution >= 0.6 is 0 Å². The number of aromatic hydroxyl groups is 1. The van der Waals surface area contributed by atoms with Crippen LogP contribution in [0.15, 0.2) is 12.1 Å². The molecule has 88 valence electrons. The summed E-state index contributed by atoms with van der Waals surface area (Å²) in [5.41, 5.74) is 1.38. The number of benzene rings is 1. The number of carbonyl (C=O) groups excluding carboxylic acids is 1. The molecule has 0 aliphatic rings. The van der Waals surface area contributed by atoms with Gasteiger partial charge in [0.1, 0.15) is 5.75 Å². The molecule has 0 heterocycles. The van der Waals surface area contributed by atoms with Crippen LogP contribution in [-0.4, -0.2) is 26.3 Å². The molecular formula is C12H18O3Si. The third kappa shape index (κ3) is 2.44. The molecule has 0 fully saturated rings. The molecule has 0 radical (unpaired) electrons. The van der Waals surface area contributed by atoms with Crippen molar-refractivity contribution in [2.45, 2.75) is 26.6 Å². The fourth-order valence-electron chi connectivity index (χ4n) is 1.73. The lowest BCUT2D eigenvalue weighted by Gasteiger charge is -2.21. The third-order valence-electron chi connectivity index (χ3n) is 2.52. The zero-order chi connectivity index (χ0) is 12.5. The first-order valence-corrected chi connectivity index (χ1v) is 8.69. The number of hydrogen-bond acceptors (Lipinski definition) is 3. The predicted octanol–water partition coefficient (Wildman–Crippen LogP) is 2.03. The van der Waals surface area contributed by atoms with Gasteiger partial charge in [-0.3, -0.25) is 0 Å². The molecular weight excluding hydrogens is 220 g/mol. The second-order valence-corrected chi connectivity index (χ2v) is 9.97. The van der Waals surface area contributed by atoms with Gasteiger partial charge in [0.15, 0.2) is 0 Å². The SMILES string of the molecule is COC(=O)c1c(C)cc(O)cc1[Si](C)(C)C. The van der Waals surface area contributed by atoms with Gasteiger partial charge < -0.3 is 9.84 Å². The number of carbonyl (C=O) groups is 1. The molecule has 0 spiro atoms. The second kappa shape index (κ2) is 4.29. The molecule has 0 aliphatic heterocycles. The smallest absolute Gasteiger partial charge is 0.338 e. The molecule has 1 N–H and O–H groups in total. The Bertz CT molecular complexity index is 419. The van der Waals surface area contributed by atoms with Gasteiger partial charge in [0.05, 0.1) is 20.7 Å². The molecule has 0 aromatic heterocycles. The molecule has 3 nitrogen and oxygen atoms in total. The van der Waals surface area contributed by atoms with Gasteiger partial charge in [-0.2, -0.15) is 0 Å². The summed E-state index contributed by atoms with van der Waals surface area (Å²) in [7, 11) is -0.303. The van der Waals surface area contributed by atoms with Gasteiger partial charge in [0.2, 0.25) is 0 Å². The summed E-state index contributed by atoms with van der Waals surface area (Å²) in [6, 6.07) is 3.28. The second-order valence-electron chi connectivity index (χ2n) is 4.93. The molecule has 0 saturated heterocycles. The zero-order valence-corrected chi connectivity index (χ0v) is 11.4. The number of phenolic OH excluding ortho intramolecular Hbond substituents is 1. The molecule has 0 aliphatic carbocycles. The number of esters is 1. The summed E-state index contributed by atoms with van der Waals surface area (Å²) in [4.78, 5) is 11.7. The van der Waals surface area contributed by atoms with Crippen LogP contribution in [0, 0.1) is 6.92 Å². The van der Waals surface area contributed by atoms with Crippen LogP contribution in [0.3, 0.4) is 0 Å². The highest BCUT2D eigenvalue weighted by molar-refractivity contribution is 6.89. The van der Waals surface area contributed by atoms with E-state index in [0.29, 0.717) is 5.56 Å². The van der Waals surface area contributed by atoms with E-state index in [4.69, 9.17) is 4.74 Å². The predicted molar refractivity (Wildman–Crippen MR) is 67.2 cm³/mol. The Balaban J connectivity index is 3.51. The van der Waals surface area contributed by atoms with Crippen molar-refractivity contribution in [3.63, 3.8) is 0 Å². The molecule has 16 heavy (non-hydrogen) atoms. The molecule has 1 rings (SSSR count). The Morgan fingerprint density at radius 2 is 1.88 bits per heavy atom. The van der Waals surface area contributed by atoms with Gasteiger partial charge in [-0.15, -0.1) is 0 Å². The number of phenols is 1. The molecule has 1 aromatic rings. The number of rotatable bonds is 2. The Morgan fingerprint density at radius 3 is 2.31 bits per heavy atom. The number of ether oxygens (including phenoxy) is 1. The van der Waals surface area contributed by atoms with Crippen molar-refractivity contribution in [1.29, 1.82) is 0 Å². The van der Waals surface area contributed by atoms with Crippen molar-refractivity contribution in [2.75, 3.05) is 7.11 Å². The van der Waals surface area contributed by atoms with Crippen molar-refractivity contribution in [3.05, 3.63) is 23.3 Å². The molecule has 4 heteroatoms. The van der Waals surface area contributed by atoms with Gasteiger partial charge in [-0.25, -0.2) is 4.79 Å². The first-order chi connectivity index (χ1) is 7.27. The van der Waals surface area contributed by atoms with Gasteiger partial charge in [-0.1, -0.05) is 19.6 Å². The summed E-state index contributed by atoms with van der Waals surface area (Å²) < 4.78 is 4.79. The van der Waals surface area contributed by atoms with Crippen LogP contribution < -0.4 is 5.19 Å². The molecule has 1 aromatic carbocycles. The summed E-state index contributed by atoms with van der Waals surface area (Å²) >= 11 is 0. The third-order valence-corrected chi connectivity index (χ3v) is 4.53. The monoisotopic (exact) mass is 238 g/mol. The first-order valence-electron chi connectivity index (χ1n) is 5.19. The van der Waals surface area contributed by atoms with Crippen LogP contribution in [0.25, 0.3) is 0 Å². The van der Waals surface area contributed by atoms with E-state index in [1.165, 1.54) is 7.11 Å². The van der Waals surface area contributed by atoms with Gasteiger partial charge in [0, 0.05) is 0 Å². The quantitative estimate of drug-likeness (QED) is 0.633. The largest absolute Gasteiger partial charge is 0.508 e. The molecule has 0 saturated carbocycles. The van der Waals surface area contributed by atoms with Gasteiger partial charge in [0.25, 0.3) is 0 Å². The Labute approximate surface area is 97.1 Å². The average Bonchev–Trinajstić information content (AvgIpc) is 2.14. The van der Waals surface area contributed by atoms with Crippen LogP contribution in [0.2, 0.25) is 19.6 Å². The van der Waals surface area contributed by atoms with Gasteiger partial charge in [-0.05, 0) is 29.8 Å². The molecule has 0 unspecified atom stereocenters. The van der Waals surface area contributed by atoms with Crippen LogP contribution in [0.1, 0.15) is 15.9 Å². The maximum Gasteiger partial charge on any atom is 0.338 e. The lowest BCUT2D eigenvalue weighted by atomic mass is 10.1. The number of methoxy groups -OCH3 is 1. The van der Waals surface area contributed by atoms with E-state index in [0.717, 1.165) is 10.8 Å². The van der Waals surface area contributed by atoms with E-state index >= 15 is 0 Å². The minimum absolute atomic E-state index is 0.211. The zero-order valence-electron chi connectivity index (χ0n) is 10.4. The molecule has 0 amide bonds. The first kappa shape index (κ1) is 12.8. The van der Waals surface area contributed by atoms with E-state index in [2.05, 4.69) is 19.6 Å². The van der Waals surface area contributed by atoms with Crippen molar-refractivity contribution in [1.82, 2.24) is 0 Å². The van der Waals surface area contributed by atoms with E-state index < -0.39 is 8.07 Å². The van der Waals surface area contributed by atoms with E-state index in [1.807, 2.05) is 6.92 Å². The topological polar surface area (TPSA) is 46.5 Å². The van der Waals surface area contributed by atoms with Gasteiger partial charge >= 0.3 is 5.97 Å². The van der Waals surface area contributed by atoms with Crippen molar-refractivity contribution < 1.29 is 14.6 Å². The minimum atomic E-state index is -1.68. The van der Waals surface area contributed by atoms with Crippen LogP contribution in [0.5, 0.6) is 5.75 Å². The van der Waals surface area contributed by atoms with Crippen molar-refractivity contribution in [3.8, 4) is 5.75 Å². The summed E-state index contributed by atoms with van der Waals surface area (Å²) in [6.45, 7) is 8.21. The lowest BCUT2D eigenvalue weighted by Crippen LogP contribution is -2.42. The lowest BCUT2D eigenvalue weighted by molar-refractivity contribution is 0.0601. The number of aryl methyl sites for hydroxylation is 1. The fourth-order valence-corrected chi connectivity index (χ4v) is 3.36. The fraction of sp³-hybridized carbons (Fsp3) is 0.417. The highest BCUT2D eigenvalue weighted by Gasteiger charge is 2.26. The Hall–Kier alpha value is -1.29. The van der Waals surface area contributed by atoms with E-state index in [9.17, 15) is 9.90 Å². The summed E-state index contributed by atoms with van der Waals surface area (Å²) in [5, 5.41) is 10.5. The highest BCUT2D eigenvalue weighted by atomic mass is 28.3. The summed E-state index contributed by atoms with van der Waals surface area (Å²) in [6.07, 6.45) is 0. The van der Waals surface area contributed by atoms with Crippen LogP contribution in [-0.2, 0) is 4.74 Å². The minimum Gasteiger partial charge on any atom is -0.508 e. The normalized spacial score (nSPS) is 11.3. The van der Waals surface area contributed by atoms with Crippen molar-refractivity contribution >= 4 is 19.2 Å². The van der Waals surface area contributed by atoms with Crippen LogP contribution in [0.4, 0.5) is 0 Å². The Morgan fingerprint density at radius 1 is 1.31 bits per heavy atom. The maximum atomic E-state index is 11.7. The Kier molecular flexibility index (Phi) is 3.43. The molecule has 0 atom stereocenters. The highest BCUT2D eigenvalue weighted by Crippen LogP contribution is 2.18. The van der Waals surface area contributed by atoms with Crippen molar-refractivity contribution in [2.24, 2.45) is 0 Å². The molecule has 0 bridgehead atoms. The summed E-state index contributed by atoms with van der Waals surface area (Å²) in [5.74, 6) is -0.113. The standard InChI is InChI=1S/C12H18O3Si/c1-8-6-9(13)7-10(16(3,4)5)11(8)12(14)15-2/h6-7,13H,1-5H3. The average molecular weight is 238 g/mol. The number of hydrogen-bond donors (Lipinski definition) is 1. The van der Waals surface area contributed by atoms with E-state index in [-0.39, 0.29) is 11.7 Å². The van der Waals surface area contributed by atoms with E-state index in [1.54, 1.807) is 12.1 Å². The maximum absolute atomic E-state index is 11.7.